The van der Waals surface area contributed by atoms with Gasteiger partial charge in [0.1, 0.15) is 0 Å². The third kappa shape index (κ3) is 3.31. The summed E-state index contributed by atoms with van der Waals surface area (Å²) in [5, 5.41) is 11.3. The number of hydrogen-bond acceptors (Lipinski definition) is 7. The number of rotatable bonds is 3. The smallest absolute Gasteiger partial charge is 0.322 e. The summed E-state index contributed by atoms with van der Waals surface area (Å²) in [6.45, 7) is 13.0. The molecule has 1 heterocycles. The Hall–Kier alpha value is -0.803. The summed E-state index contributed by atoms with van der Waals surface area (Å²) >= 11 is 0. The molecule has 0 aromatic heterocycles. The molecule has 7 nitrogen and oxygen atoms in total. The highest BCUT2D eigenvalue weighted by molar-refractivity contribution is 6.74. The molecular formula is C21H36O7Si. The Kier molecular flexibility index (Phi) is 5.62. The fourth-order valence-corrected chi connectivity index (χ4v) is 6.64. The Morgan fingerprint density at radius 3 is 2.31 bits per heavy atom. The monoisotopic (exact) mass is 428 g/mol. The molecule has 2 aliphatic carbocycles. The summed E-state index contributed by atoms with van der Waals surface area (Å²) < 4.78 is 23.9. The van der Waals surface area contributed by atoms with E-state index >= 15 is 0 Å². The maximum Gasteiger partial charge on any atom is 0.322 e. The Bertz CT molecular complexity index is 665. The molecule has 0 radical (unpaired) electrons. The molecule has 1 aliphatic heterocycles. The highest BCUT2D eigenvalue weighted by Gasteiger charge is 2.75. The fourth-order valence-electron chi connectivity index (χ4n) is 5.27. The molecule has 3 rings (SSSR count). The molecule has 2 saturated carbocycles. The highest BCUT2D eigenvalue weighted by Crippen LogP contribution is 2.60. The van der Waals surface area contributed by atoms with Crippen LogP contribution in [0.1, 0.15) is 53.4 Å². The van der Waals surface area contributed by atoms with E-state index in [1.807, 2.05) is 0 Å². The second kappa shape index (κ2) is 7.12. The molecule has 1 N–H and O–H groups in total. The summed E-state index contributed by atoms with van der Waals surface area (Å²) in [4.78, 5) is 26.9. The average molecular weight is 429 g/mol. The van der Waals surface area contributed by atoms with Crippen LogP contribution in [0.5, 0.6) is 0 Å². The third-order valence-electron chi connectivity index (χ3n) is 7.64. The minimum absolute atomic E-state index is 0.102. The number of Topliss-reactive ketones (excluding diaryl/α,β-unsaturated/α-hetero) is 1. The van der Waals surface area contributed by atoms with Crippen LogP contribution in [0.3, 0.4) is 0 Å². The summed E-state index contributed by atoms with van der Waals surface area (Å²) in [7, 11) is -1.04. The maximum atomic E-state index is 13.5. The van der Waals surface area contributed by atoms with Crippen LogP contribution < -0.4 is 0 Å². The molecule has 3 fully saturated rings. The van der Waals surface area contributed by atoms with E-state index in [2.05, 4.69) is 33.9 Å². The summed E-state index contributed by atoms with van der Waals surface area (Å²) in [6, 6.07) is 0. The zero-order chi connectivity index (χ0) is 21.9. The van der Waals surface area contributed by atoms with Crippen LogP contribution in [0.2, 0.25) is 18.1 Å². The van der Waals surface area contributed by atoms with Crippen LogP contribution in [-0.4, -0.2) is 63.0 Å². The summed E-state index contributed by atoms with van der Waals surface area (Å²) in [5.41, 5.74) is -2.98. The SMILES string of the molecule is COC(=O)[C@@]12C(=O)CCC3(OCCO3)[C@@H]1[C@](C)(O)CC[C@H]2O[Si](C)(C)C(C)(C)C. The molecule has 4 atom stereocenters. The van der Waals surface area contributed by atoms with Gasteiger partial charge in [0, 0.05) is 12.8 Å². The van der Waals surface area contributed by atoms with Gasteiger partial charge in [-0.05, 0) is 37.9 Å². The maximum absolute atomic E-state index is 13.5. The van der Waals surface area contributed by atoms with Gasteiger partial charge < -0.3 is 23.7 Å². The number of carbonyl (C=O) groups is 2. The van der Waals surface area contributed by atoms with Crippen LogP contribution >= 0.6 is 0 Å². The quantitative estimate of drug-likeness (QED) is 0.420. The van der Waals surface area contributed by atoms with E-state index in [0.29, 0.717) is 32.5 Å². The number of aliphatic hydroxyl groups is 1. The Balaban J connectivity index is 2.18. The van der Waals surface area contributed by atoms with Gasteiger partial charge in [-0.3, -0.25) is 9.59 Å². The van der Waals surface area contributed by atoms with Gasteiger partial charge in [-0.25, -0.2) is 0 Å². The van der Waals surface area contributed by atoms with Crippen molar-refractivity contribution >= 4 is 20.1 Å². The molecule has 29 heavy (non-hydrogen) atoms. The standard InChI is InChI=1S/C21H36O7Si/c1-18(2,3)29(6,7)28-15-9-10-19(4,24)16-20(26-12-13-27-20)11-8-14(22)21(15,16)17(23)25-5/h15-16,24H,8-13H2,1-7H3/t15-,16+,19-,21-/m1/s1. The van der Waals surface area contributed by atoms with E-state index in [9.17, 15) is 14.7 Å². The number of carbonyl (C=O) groups excluding carboxylic acids is 2. The van der Waals surface area contributed by atoms with Gasteiger partial charge >= 0.3 is 5.97 Å². The normalized spacial score (nSPS) is 37.4. The fraction of sp³-hybridized carbons (Fsp3) is 0.905. The van der Waals surface area contributed by atoms with Gasteiger partial charge in [0.15, 0.2) is 25.3 Å². The zero-order valence-corrected chi connectivity index (χ0v) is 19.8. The van der Waals surface area contributed by atoms with Crippen molar-refractivity contribution in [2.75, 3.05) is 20.3 Å². The van der Waals surface area contributed by atoms with E-state index in [4.69, 9.17) is 18.6 Å². The van der Waals surface area contributed by atoms with E-state index in [-0.39, 0.29) is 17.2 Å². The van der Waals surface area contributed by atoms with Crippen LogP contribution in [-0.2, 0) is 28.2 Å². The number of methoxy groups -OCH3 is 1. The van der Waals surface area contributed by atoms with Crippen LogP contribution in [0.15, 0.2) is 0 Å². The Labute approximate surface area is 174 Å². The van der Waals surface area contributed by atoms with Crippen molar-refractivity contribution in [2.45, 2.75) is 89.0 Å². The molecule has 0 amide bonds. The van der Waals surface area contributed by atoms with Crippen molar-refractivity contribution < 1.29 is 33.3 Å². The van der Waals surface area contributed by atoms with Crippen LogP contribution in [0.25, 0.3) is 0 Å². The number of fused-ring (bicyclic) bond motifs is 2. The molecule has 1 spiro atoms. The van der Waals surface area contributed by atoms with E-state index < -0.39 is 43.1 Å². The highest BCUT2D eigenvalue weighted by atomic mass is 28.4. The first-order valence-electron chi connectivity index (χ1n) is 10.5. The lowest BCUT2D eigenvalue weighted by atomic mass is 9.50. The largest absolute Gasteiger partial charge is 0.468 e. The first-order valence-corrected chi connectivity index (χ1v) is 13.5. The van der Waals surface area contributed by atoms with Gasteiger partial charge in [0.05, 0.1) is 37.9 Å². The molecule has 0 unspecified atom stereocenters. The molecule has 0 aromatic carbocycles. The Morgan fingerprint density at radius 1 is 1.21 bits per heavy atom. The van der Waals surface area contributed by atoms with Crippen molar-refractivity contribution in [1.29, 1.82) is 0 Å². The lowest BCUT2D eigenvalue weighted by Gasteiger charge is -2.60. The molecular weight excluding hydrogens is 392 g/mol. The van der Waals surface area contributed by atoms with Crippen molar-refractivity contribution in [3.63, 3.8) is 0 Å². The predicted molar refractivity (Wildman–Crippen MR) is 109 cm³/mol. The molecule has 0 bridgehead atoms. The first kappa shape index (κ1) is 22.9. The first-order chi connectivity index (χ1) is 13.2. The van der Waals surface area contributed by atoms with Crippen molar-refractivity contribution in [2.24, 2.45) is 11.3 Å². The van der Waals surface area contributed by atoms with Gasteiger partial charge in [-0.15, -0.1) is 0 Å². The minimum Gasteiger partial charge on any atom is -0.468 e. The van der Waals surface area contributed by atoms with E-state index in [1.54, 1.807) is 6.92 Å². The number of hydrogen-bond donors (Lipinski definition) is 1. The lowest BCUT2D eigenvalue weighted by molar-refractivity contribution is -0.299. The zero-order valence-electron chi connectivity index (χ0n) is 18.8. The van der Waals surface area contributed by atoms with Gasteiger partial charge in [-0.2, -0.15) is 0 Å². The number of esters is 1. The third-order valence-corrected chi connectivity index (χ3v) is 12.1. The summed E-state index contributed by atoms with van der Waals surface area (Å²) in [6.07, 6.45) is 0.542. The number of ketones is 1. The van der Waals surface area contributed by atoms with Gasteiger partial charge in [0.2, 0.25) is 0 Å². The topological polar surface area (TPSA) is 91.3 Å². The predicted octanol–water partition coefficient (Wildman–Crippen LogP) is 2.80. The van der Waals surface area contributed by atoms with E-state index in [1.165, 1.54) is 7.11 Å². The second-order valence-corrected chi connectivity index (χ2v) is 15.2. The molecule has 0 aromatic rings. The minimum atomic E-state index is -2.32. The molecule has 1 saturated heterocycles. The lowest BCUT2D eigenvalue weighted by Crippen LogP contribution is -2.74. The second-order valence-electron chi connectivity index (χ2n) is 10.5. The number of ether oxygens (including phenoxy) is 3. The van der Waals surface area contributed by atoms with Crippen molar-refractivity contribution in [3.05, 3.63) is 0 Å². The Morgan fingerprint density at radius 2 is 1.79 bits per heavy atom. The average Bonchev–Trinajstić information content (AvgIpc) is 3.07. The summed E-state index contributed by atoms with van der Waals surface area (Å²) in [5.74, 6) is -2.97. The van der Waals surface area contributed by atoms with Crippen LogP contribution in [0, 0.1) is 11.3 Å². The molecule has 3 aliphatic rings. The molecule has 8 heteroatoms. The van der Waals surface area contributed by atoms with Gasteiger partial charge in [-0.1, -0.05) is 20.8 Å². The van der Waals surface area contributed by atoms with E-state index in [0.717, 1.165) is 0 Å². The van der Waals surface area contributed by atoms with Crippen molar-refractivity contribution in [1.82, 2.24) is 0 Å². The van der Waals surface area contributed by atoms with Gasteiger partial charge in [0.25, 0.3) is 0 Å². The van der Waals surface area contributed by atoms with Crippen LogP contribution in [0.4, 0.5) is 0 Å². The molecule has 166 valence electrons. The van der Waals surface area contributed by atoms with Crippen molar-refractivity contribution in [3.8, 4) is 0 Å².